The van der Waals surface area contributed by atoms with Gasteiger partial charge < -0.3 is 14.2 Å². The molecule has 1 aliphatic rings. The van der Waals surface area contributed by atoms with Gasteiger partial charge in [0.2, 0.25) is 0 Å². The van der Waals surface area contributed by atoms with E-state index in [1.165, 1.54) is 0 Å². The summed E-state index contributed by atoms with van der Waals surface area (Å²) >= 11 is 0. The van der Waals surface area contributed by atoms with Gasteiger partial charge in [-0.1, -0.05) is 12.6 Å². The molecular weight excluding hydrogens is 310 g/mol. The summed E-state index contributed by atoms with van der Waals surface area (Å²) in [6, 6.07) is 13.3. The molecule has 0 amide bonds. The molecule has 0 saturated carbocycles. The van der Waals surface area contributed by atoms with Crippen LogP contribution in [0.25, 0.3) is 16.6 Å². The van der Waals surface area contributed by atoms with Crippen molar-refractivity contribution in [3.05, 3.63) is 66.4 Å². The largest absolute Gasteiger partial charge is 0.435 e. The van der Waals surface area contributed by atoms with Gasteiger partial charge in [-0.25, -0.2) is 0 Å². The van der Waals surface area contributed by atoms with Gasteiger partial charge in [0.25, 0.3) is 0 Å². The first-order valence-corrected chi connectivity index (χ1v) is 7.62. The Bertz CT molecular complexity index is 946. The van der Waals surface area contributed by atoms with Gasteiger partial charge in [-0.15, -0.1) is 0 Å². The fourth-order valence-corrected chi connectivity index (χ4v) is 3.23. The number of alkyl halides is 2. The van der Waals surface area contributed by atoms with Crippen molar-refractivity contribution in [3.8, 4) is 5.75 Å². The zero-order valence-electron chi connectivity index (χ0n) is 13.2. The fourth-order valence-electron chi connectivity index (χ4n) is 3.23. The highest BCUT2D eigenvalue weighted by atomic mass is 19.3. The molecule has 122 valence electrons. The molecule has 5 heteroatoms. The van der Waals surface area contributed by atoms with E-state index in [9.17, 15) is 8.78 Å². The third-order valence-corrected chi connectivity index (χ3v) is 4.45. The smallest absolute Gasteiger partial charge is 0.387 e. The third-order valence-electron chi connectivity index (χ3n) is 4.45. The molecule has 1 aliphatic heterocycles. The zero-order chi connectivity index (χ0) is 16.8. The second-order valence-electron chi connectivity index (χ2n) is 5.90. The monoisotopic (exact) mass is 326 g/mol. The summed E-state index contributed by atoms with van der Waals surface area (Å²) < 4.78 is 31.4. The molecule has 0 bridgehead atoms. The molecule has 0 aliphatic carbocycles. The average Bonchev–Trinajstić information content (AvgIpc) is 3.08. The van der Waals surface area contributed by atoms with Crippen LogP contribution in [0.5, 0.6) is 5.75 Å². The van der Waals surface area contributed by atoms with Gasteiger partial charge in [-0.3, -0.25) is 0 Å². The number of ether oxygens (including phenoxy) is 1. The van der Waals surface area contributed by atoms with Gasteiger partial charge in [-0.2, -0.15) is 8.78 Å². The first-order valence-electron chi connectivity index (χ1n) is 7.62. The van der Waals surface area contributed by atoms with E-state index in [1.807, 2.05) is 19.3 Å². The molecule has 0 radical (unpaired) electrons. The molecule has 0 atom stereocenters. The van der Waals surface area contributed by atoms with Crippen LogP contribution in [0.2, 0.25) is 0 Å². The quantitative estimate of drug-likeness (QED) is 0.690. The number of halogens is 2. The van der Waals surface area contributed by atoms with Crippen molar-refractivity contribution in [3.63, 3.8) is 0 Å². The van der Waals surface area contributed by atoms with Gasteiger partial charge in [0.1, 0.15) is 5.75 Å². The summed E-state index contributed by atoms with van der Waals surface area (Å²) in [6.07, 6.45) is 2.02. The average molecular weight is 326 g/mol. The number of aromatic nitrogens is 1. The number of nitrogens with zero attached hydrogens (tertiary/aromatic N) is 2. The molecule has 4 rings (SSSR count). The van der Waals surface area contributed by atoms with Crippen LogP contribution >= 0.6 is 0 Å². The van der Waals surface area contributed by atoms with Crippen molar-refractivity contribution >= 4 is 22.3 Å². The molecular formula is C19H16F2N2O. The Kier molecular flexibility index (Phi) is 3.30. The van der Waals surface area contributed by atoms with Gasteiger partial charge in [0, 0.05) is 47.6 Å². The summed E-state index contributed by atoms with van der Waals surface area (Å²) in [7, 11) is 2.01. The van der Waals surface area contributed by atoms with Gasteiger partial charge >= 0.3 is 6.61 Å². The number of benzene rings is 2. The van der Waals surface area contributed by atoms with Crippen LogP contribution in [-0.4, -0.2) is 11.2 Å². The summed E-state index contributed by atoms with van der Waals surface area (Å²) in [5, 5.41) is 1.15. The molecule has 0 fully saturated rings. The minimum Gasteiger partial charge on any atom is -0.435 e. The normalized spacial score (nSPS) is 13.8. The maximum Gasteiger partial charge on any atom is 0.387 e. The van der Waals surface area contributed by atoms with E-state index < -0.39 is 6.61 Å². The number of anilines is 1. The zero-order valence-corrected chi connectivity index (χ0v) is 13.2. The van der Waals surface area contributed by atoms with Crippen molar-refractivity contribution < 1.29 is 13.5 Å². The number of hydrogen-bond donors (Lipinski definition) is 0. The minimum absolute atomic E-state index is 0.158. The van der Waals surface area contributed by atoms with Crippen LogP contribution in [-0.2, 0) is 13.6 Å². The van der Waals surface area contributed by atoms with E-state index in [-0.39, 0.29) is 5.75 Å². The van der Waals surface area contributed by atoms with Crippen LogP contribution in [0.3, 0.4) is 0 Å². The first-order chi connectivity index (χ1) is 11.5. The maximum atomic E-state index is 12.4. The third kappa shape index (κ3) is 2.33. The number of rotatable bonds is 3. The van der Waals surface area contributed by atoms with Crippen LogP contribution in [0.1, 0.15) is 11.1 Å². The highest BCUT2D eigenvalue weighted by Gasteiger charge is 2.24. The Morgan fingerprint density at radius 3 is 2.75 bits per heavy atom. The second-order valence-corrected chi connectivity index (χ2v) is 5.90. The van der Waals surface area contributed by atoms with E-state index in [0.29, 0.717) is 6.54 Å². The molecule has 0 saturated heterocycles. The van der Waals surface area contributed by atoms with Crippen molar-refractivity contribution in [1.82, 2.24) is 4.57 Å². The lowest BCUT2D eigenvalue weighted by atomic mass is 10.1. The number of aryl methyl sites for hydroxylation is 1. The van der Waals surface area contributed by atoms with Crippen LogP contribution in [0, 0.1) is 0 Å². The Morgan fingerprint density at radius 2 is 1.96 bits per heavy atom. The summed E-state index contributed by atoms with van der Waals surface area (Å²) in [5.41, 5.74) is 4.89. The number of hydrogen-bond acceptors (Lipinski definition) is 2. The van der Waals surface area contributed by atoms with Crippen LogP contribution < -0.4 is 9.64 Å². The lowest BCUT2D eigenvalue weighted by molar-refractivity contribution is -0.0498. The molecule has 2 heterocycles. The van der Waals surface area contributed by atoms with Crippen LogP contribution in [0.4, 0.5) is 14.5 Å². The molecule has 2 aromatic carbocycles. The lowest BCUT2D eigenvalue weighted by Gasteiger charge is -2.19. The Hall–Kier alpha value is -2.82. The van der Waals surface area contributed by atoms with Crippen molar-refractivity contribution in [2.45, 2.75) is 13.2 Å². The SMILES string of the molecule is C=C1c2cc(OC(F)F)ccc2CN1c1ccc2c(ccn2C)c1. The number of fused-ring (bicyclic) bond motifs is 2. The minimum atomic E-state index is -2.82. The molecule has 24 heavy (non-hydrogen) atoms. The molecule has 3 aromatic rings. The Morgan fingerprint density at radius 1 is 1.12 bits per heavy atom. The topological polar surface area (TPSA) is 17.4 Å². The Balaban J connectivity index is 1.68. The summed E-state index contributed by atoms with van der Waals surface area (Å²) in [6.45, 7) is 1.98. The van der Waals surface area contributed by atoms with Gasteiger partial charge in [0.05, 0.1) is 0 Å². The van der Waals surface area contributed by atoms with Crippen LogP contribution in [0.15, 0.2) is 55.2 Å². The first kappa shape index (κ1) is 14.8. The van der Waals surface area contributed by atoms with E-state index in [4.69, 9.17) is 0 Å². The molecule has 0 unspecified atom stereocenters. The molecule has 0 N–H and O–H groups in total. The summed E-state index contributed by atoms with van der Waals surface area (Å²) in [5.74, 6) is 0.158. The van der Waals surface area contributed by atoms with Gasteiger partial charge in [-0.05, 0) is 42.0 Å². The standard InChI is InChI=1S/C19H16F2N2O/c1-12-17-10-16(24-19(20)21)5-3-14(17)11-23(12)15-4-6-18-13(9-15)7-8-22(18)2/h3-10,19H,1,11H2,2H3. The maximum absolute atomic E-state index is 12.4. The summed E-state index contributed by atoms with van der Waals surface area (Å²) in [4.78, 5) is 2.09. The molecule has 1 aromatic heterocycles. The fraction of sp³-hybridized carbons (Fsp3) is 0.158. The molecule has 0 spiro atoms. The predicted octanol–water partition coefficient (Wildman–Crippen LogP) is 4.77. The lowest BCUT2D eigenvalue weighted by Crippen LogP contribution is -2.12. The van der Waals surface area contributed by atoms with Gasteiger partial charge in [0.15, 0.2) is 0 Å². The van der Waals surface area contributed by atoms with E-state index in [1.54, 1.807) is 12.1 Å². The van der Waals surface area contributed by atoms with Crippen molar-refractivity contribution in [1.29, 1.82) is 0 Å². The highest BCUT2D eigenvalue weighted by molar-refractivity contribution is 5.89. The second kappa shape index (κ2) is 5.37. The Labute approximate surface area is 138 Å². The van der Waals surface area contributed by atoms with E-state index in [0.717, 1.165) is 33.4 Å². The van der Waals surface area contributed by atoms with Crippen molar-refractivity contribution in [2.75, 3.05) is 4.90 Å². The highest BCUT2D eigenvalue weighted by Crippen LogP contribution is 2.38. The molecule has 3 nitrogen and oxygen atoms in total. The van der Waals surface area contributed by atoms with E-state index >= 15 is 0 Å². The predicted molar refractivity (Wildman–Crippen MR) is 91.2 cm³/mol. The van der Waals surface area contributed by atoms with Crippen molar-refractivity contribution in [2.24, 2.45) is 7.05 Å². The van der Waals surface area contributed by atoms with E-state index in [2.05, 4.69) is 45.0 Å².